The van der Waals surface area contributed by atoms with E-state index < -0.39 is 15.9 Å². The summed E-state index contributed by atoms with van der Waals surface area (Å²) in [7, 11) is -3.43. The van der Waals surface area contributed by atoms with Crippen molar-refractivity contribution in [1.82, 2.24) is 4.98 Å². The van der Waals surface area contributed by atoms with Gasteiger partial charge in [0.1, 0.15) is 5.69 Å². The van der Waals surface area contributed by atoms with E-state index in [1.165, 1.54) is 12.3 Å². The minimum Gasteiger partial charge on any atom is -0.385 e. The highest BCUT2D eigenvalue weighted by Gasteiger charge is 2.04. The number of hydrogen-bond donors (Lipinski definition) is 3. The van der Waals surface area contributed by atoms with Crippen molar-refractivity contribution in [1.29, 1.82) is 0 Å². The number of hydrogen-bond acceptors (Lipinski definition) is 5. The van der Waals surface area contributed by atoms with Crippen molar-refractivity contribution in [2.75, 3.05) is 17.6 Å². The molecule has 7 nitrogen and oxygen atoms in total. The molecule has 5 N–H and O–H groups in total. The van der Waals surface area contributed by atoms with Gasteiger partial charge in [0.25, 0.3) is 5.91 Å². The van der Waals surface area contributed by atoms with Crippen LogP contribution < -0.4 is 16.2 Å². The number of anilines is 1. The van der Waals surface area contributed by atoms with Crippen LogP contribution in [0.3, 0.4) is 0 Å². The molecule has 0 aliphatic carbocycles. The zero-order valence-corrected chi connectivity index (χ0v) is 9.90. The Morgan fingerprint density at radius 2 is 2.18 bits per heavy atom. The highest BCUT2D eigenvalue weighted by molar-refractivity contribution is 7.89. The fourth-order valence-corrected chi connectivity index (χ4v) is 1.73. The van der Waals surface area contributed by atoms with Crippen LogP contribution in [0.5, 0.6) is 0 Å². The first-order valence-corrected chi connectivity index (χ1v) is 6.60. The molecule has 0 aromatic carbocycles. The molecule has 0 fully saturated rings. The summed E-state index contributed by atoms with van der Waals surface area (Å²) in [5.41, 5.74) is 5.88. The van der Waals surface area contributed by atoms with Gasteiger partial charge in [-0.25, -0.2) is 13.6 Å². The summed E-state index contributed by atoms with van der Waals surface area (Å²) in [5.74, 6) is -0.702. The molecule has 0 unspecified atom stereocenters. The van der Waals surface area contributed by atoms with Gasteiger partial charge >= 0.3 is 0 Å². The molecule has 0 bridgehead atoms. The minimum atomic E-state index is -3.43. The average molecular weight is 258 g/mol. The molecule has 1 heterocycles. The first kappa shape index (κ1) is 13.4. The van der Waals surface area contributed by atoms with Crippen molar-refractivity contribution in [3.05, 3.63) is 24.0 Å². The molecule has 1 aromatic rings. The van der Waals surface area contributed by atoms with Crippen molar-refractivity contribution in [3.8, 4) is 0 Å². The van der Waals surface area contributed by atoms with Crippen molar-refractivity contribution in [2.24, 2.45) is 10.9 Å². The Balaban J connectivity index is 2.47. The van der Waals surface area contributed by atoms with Crippen molar-refractivity contribution < 1.29 is 13.2 Å². The van der Waals surface area contributed by atoms with Crippen LogP contribution in [0.2, 0.25) is 0 Å². The maximum atomic E-state index is 10.9. The van der Waals surface area contributed by atoms with Gasteiger partial charge in [0.05, 0.1) is 5.75 Å². The van der Waals surface area contributed by atoms with Crippen LogP contribution >= 0.6 is 0 Å². The van der Waals surface area contributed by atoms with Gasteiger partial charge in [0.2, 0.25) is 10.0 Å². The third kappa shape index (κ3) is 5.27. The lowest BCUT2D eigenvalue weighted by molar-refractivity contribution is 0.0995. The average Bonchev–Trinajstić information content (AvgIpc) is 2.23. The molecular weight excluding hydrogens is 244 g/mol. The van der Waals surface area contributed by atoms with Gasteiger partial charge in [0, 0.05) is 18.4 Å². The Morgan fingerprint density at radius 1 is 1.47 bits per heavy atom. The number of nitrogens with zero attached hydrogens (tertiary/aromatic N) is 1. The van der Waals surface area contributed by atoms with E-state index in [4.69, 9.17) is 10.9 Å². The summed E-state index contributed by atoms with van der Waals surface area (Å²) < 4.78 is 21.3. The third-order valence-corrected chi connectivity index (χ3v) is 2.80. The van der Waals surface area contributed by atoms with E-state index in [1.54, 1.807) is 6.07 Å². The summed E-state index contributed by atoms with van der Waals surface area (Å²) in [4.78, 5) is 14.6. The largest absolute Gasteiger partial charge is 0.385 e. The second-order valence-corrected chi connectivity index (χ2v) is 5.18. The predicted octanol–water partition coefficient (Wildman–Crippen LogP) is -0.729. The molecule has 94 valence electrons. The van der Waals surface area contributed by atoms with E-state index in [0.29, 0.717) is 18.7 Å². The zero-order valence-electron chi connectivity index (χ0n) is 9.09. The summed E-state index contributed by atoms with van der Waals surface area (Å²) in [6, 6.07) is 3.16. The number of amides is 1. The SMILES string of the molecule is NC(=O)c1cc(NCCCS(N)(=O)=O)ccn1. The molecule has 1 rings (SSSR count). The van der Waals surface area contributed by atoms with E-state index in [0.717, 1.165) is 0 Å². The minimum absolute atomic E-state index is 0.0895. The third-order valence-electron chi connectivity index (χ3n) is 1.95. The van der Waals surface area contributed by atoms with Crippen LogP contribution in [0.15, 0.2) is 18.3 Å². The molecule has 0 atom stereocenters. The maximum absolute atomic E-state index is 10.9. The summed E-state index contributed by atoms with van der Waals surface area (Å²) >= 11 is 0. The Bertz CT molecular complexity index is 501. The first-order valence-electron chi connectivity index (χ1n) is 4.89. The van der Waals surface area contributed by atoms with Crippen molar-refractivity contribution in [2.45, 2.75) is 6.42 Å². The Hall–Kier alpha value is -1.67. The highest BCUT2D eigenvalue weighted by atomic mass is 32.2. The lowest BCUT2D eigenvalue weighted by atomic mass is 10.3. The van der Waals surface area contributed by atoms with Gasteiger partial charge in [-0.05, 0) is 18.6 Å². The Kier molecular flexibility index (Phi) is 4.41. The molecule has 0 saturated heterocycles. The molecule has 0 aliphatic heterocycles. The second-order valence-electron chi connectivity index (χ2n) is 3.44. The number of carbonyl (C=O) groups excluding carboxylic acids is 1. The maximum Gasteiger partial charge on any atom is 0.267 e. The predicted molar refractivity (Wildman–Crippen MR) is 63.8 cm³/mol. The topological polar surface area (TPSA) is 128 Å². The lowest BCUT2D eigenvalue weighted by Gasteiger charge is -2.06. The quantitative estimate of drug-likeness (QED) is 0.579. The van der Waals surface area contributed by atoms with Crippen molar-refractivity contribution >= 4 is 21.6 Å². The van der Waals surface area contributed by atoms with E-state index in [9.17, 15) is 13.2 Å². The molecule has 0 spiro atoms. The van der Waals surface area contributed by atoms with Crippen LogP contribution in [0.4, 0.5) is 5.69 Å². The fourth-order valence-electron chi connectivity index (χ4n) is 1.18. The molecule has 0 aliphatic rings. The van der Waals surface area contributed by atoms with Crippen LogP contribution in [0.1, 0.15) is 16.9 Å². The molecule has 0 saturated carbocycles. The zero-order chi connectivity index (χ0) is 12.9. The van der Waals surface area contributed by atoms with Gasteiger partial charge in [-0.3, -0.25) is 9.78 Å². The Labute approximate surface area is 99.3 Å². The lowest BCUT2D eigenvalue weighted by Crippen LogP contribution is -2.19. The number of nitrogens with one attached hydrogen (secondary N) is 1. The molecule has 1 aromatic heterocycles. The first-order chi connectivity index (χ1) is 7.88. The number of carbonyl (C=O) groups is 1. The number of primary sulfonamides is 1. The summed E-state index contributed by atoms with van der Waals surface area (Å²) in [5, 5.41) is 7.80. The van der Waals surface area contributed by atoms with E-state index >= 15 is 0 Å². The van der Waals surface area contributed by atoms with Gasteiger partial charge < -0.3 is 11.1 Å². The number of pyridine rings is 1. The Morgan fingerprint density at radius 3 is 2.76 bits per heavy atom. The summed E-state index contributed by atoms with van der Waals surface area (Å²) in [6.45, 7) is 0.429. The van der Waals surface area contributed by atoms with Gasteiger partial charge in [-0.2, -0.15) is 0 Å². The molecule has 8 heteroatoms. The molecule has 1 amide bonds. The molecule has 0 radical (unpaired) electrons. The van der Waals surface area contributed by atoms with E-state index in [2.05, 4.69) is 10.3 Å². The van der Waals surface area contributed by atoms with Crippen molar-refractivity contribution in [3.63, 3.8) is 0 Å². The smallest absolute Gasteiger partial charge is 0.267 e. The summed E-state index contributed by atoms with van der Waals surface area (Å²) in [6.07, 6.45) is 1.83. The van der Waals surface area contributed by atoms with Crippen LogP contribution in [0.25, 0.3) is 0 Å². The van der Waals surface area contributed by atoms with E-state index in [1.807, 2.05) is 0 Å². The number of nitrogens with two attached hydrogens (primary N) is 2. The monoisotopic (exact) mass is 258 g/mol. The van der Waals surface area contributed by atoms with Crippen LogP contribution in [-0.4, -0.2) is 31.6 Å². The normalized spacial score (nSPS) is 11.1. The van der Waals surface area contributed by atoms with Gasteiger partial charge in [0.15, 0.2) is 0 Å². The number of primary amides is 1. The number of sulfonamides is 1. The second kappa shape index (κ2) is 5.60. The van der Waals surface area contributed by atoms with Crippen LogP contribution in [0, 0.1) is 0 Å². The van der Waals surface area contributed by atoms with E-state index in [-0.39, 0.29) is 11.4 Å². The molecule has 17 heavy (non-hydrogen) atoms. The van der Waals surface area contributed by atoms with Gasteiger partial charge in [-0.15, -0.1) is 0 Å². The van der Waals surface area contributed by atoms with Crippen LogP contribution in [-0.2, 0) is 10.0 Å². The van der Waals surface area contributed by atoms with Gasteiger partial charge in [-0.1, -0.05) is 0 Å². The highest BCUT2D eigenvalue weighted by Crippen LogP contribution is 2.07. The standard InChI is InChI=1S/C9H14N4O3S/c10-9(14)8-6-7(2-4-13-8)12-3-1-5-17(11,15)16/h2,4,6H,1,3,5H2,(H2,10,14)(H,12,13)(H2,11,15,16). The number of rotatable bonds is 6. The fraction of sp³-hybridized carbons (Fsp3) is 0.333. The molecular formula is C9H14N4O3S. The number of aromatic nitrogens is 1.